The van der Waals surface area contributed by atoms with Gasteiger partial charge in [-0.2, -0.15) is 0 Å². The van der Waals surface area contributed by atoms with Gasteiger partial charge in [0.15, 0.2) is 6.10 Å². The van der Waals surface area contributed by atoms with Gasteiger partial charge < -0.3 is 14.2 Å². The molecule has 0 bridgehead atoms. The standard InChI is InChI=1S/C53H102O6/c1-47(2)39-33-27-21-15-11-9-7-8-10-12-18-24-30-36-42-51(54)57-45-50(59-53(56)44-38-32-26-20-14-17-23-29-35-41-49(5)6)46-58-52(55)43-37-31-25-19-13-16-22-28-34-40-48(3)4/h47-50H,7-46H2,1-6H3/t50-/m0/s1. The van der Waals surface area contributed by atoms with Gasteiger partial charge in [0, 0.05) is 19.3 Å². The highest BCUT2D eigenvalue weighted by Crippen LogP contribution is 2.18. The molecule has 0 saturated carbocycles. The van der Waals surface area contributed by atoms with Crippen molar-refractivity contribution in [1.82, 2.24) is 0 Å². The summed E-state index contributed by atoms with van der Waals surface area (Å²) in [7, 11) is 0. The highest BCUT2D eigenvalue weighted by molar-refractivity contribution is 5.71. The molecule has 0 spiro atoms. The first-order valence-corrected chi connectivity index (χ1v) is 26.1. The molecule has 0 fully saturated rings. The fourth-order valence-electron chi connectivity index (χ4n) is 7.94. The number of unbranched alkanes of at least 4 members (excludes halogenated alkanes) is 29. The molecule has 0 N–H and O–H groups in total. The van der Waals surface area contributed by atoms with Crippen molar-refractivity contribution in [3.05, 3.63) is 0 Å². The van der Waals surface area contributed by atoms with Gasteiger partial charge in [0.05, 0.1) is 0 Å². The zero-order valence-corrected chi connectivity index (χ0v) is 40.5. The molecular weight excluding hydrogens is 733 g/mol. The lowest BCUT2D eigenvalue weighted by Crippen LogP contribution is -2.30. The molecular formula is C53H102O6. The van der Waals surface area contributed by atoms with Gasteiger partial charge in [-0.3, -0.25) is 14.4 Å². The highest BCUT2D eigenvalue weighted by Gasteiger charge is 2.19. The fraction of sp³-hybridized carbons (Fsp3) is 0.943. The molecule has 0 saturated heterocycles. The Kier molecular flexibility index (Phi) is 43.3. The second kappa shape index (κ2) is 44.5. The maximum atomic E-state index is 12.8. The summed E-state index contributed by atoms with van der Waals surface area (Å²) >= 11 is 0. The van der Waals surface area contributed by atoms with Gasteiger partial charge in [-0.25, -0.2) is 0 Å². The average Bonchev–Trinajstić information content (AvgIpc) is 3.19. The third-order valence-electron chi connectivity index (χ3n) is 11.9. The van der Waals surface area contributed by atoms with Gasteiger partial charge in [-0.15, -0.1) is 0 Å². The van der Waals surface area contributed by atoms with Crippen molar-refractivity contribution in [1.29, 1.82) is 0 Å². The molecule has 0 aromatic carbocycles. The highest BCUT2D eigenvalue weighted by atomic mass is 16.6. The van der Waals surface area contributed by atoms with Crippen molar-refractivity contribution >= 4 is 17.9 Å². The SMILES string of the molecule is CC(C)CCCCCCCCCCCCCCCCC(=O)OC[C@@H](COC(=O)CCCCCCCCCCCC(C)C)OC(=O)CCCCCCCCCCCC(C)C. The summed E-state index contributed by atoms with van der Waals surface area (Å²) in [5, 5.41) is 0. The van der Waals surface area contributed by atoms with E-state index in [4.69, 9.17) is 14.2 Å². The second-order valence-electron chi connectivity index (χ2n) is 19.6. The normalized spacial score (nSPS) is 12.2. The molecule has 0 aliphatic heterocycles. The minimum absolute atomic E-state index is 0.0649. The van der Waals surface area contributed by atoms with Crippen LogP contribution in [0.15, 0.2) is 0 Å². The lowest BCUT2D eigenvalue weighted by atomic mass is 10.0. The smallest absolute Gasteiger partial charge is 0.306 e. The van der Waals surface area contributed by atoms with E-state index in [0.29, 0.717) is 19.3 Å². The Morgan fingerprint density at radius 3 is 0.729 bits per heavy atom. The Morgan fingerprint density at radius 1 is 0.288 bits per heavy atom. The summed E-state index contributed by atoms with van der Waals surface area (Å²) in [6, 6.07) is 0. The average molecular weight is 835 g/mol. The van der Waals surface area contributed by atoms with Gasteiger partial charge in [0.25, 0.3) is 0 Å². The maximum Gasteiger partial charge on any atom is 0.306 e. The van der Waals surface area contributed by atoms with Gasteiger partial charge in [-0.05, 0) is 37.0 Å². The third kappa shape index (κ3) is 47.3. The van der Waals surface area contributed by atoms with Crippen LogP contribution in [-0.2, 0) is 28.6 Å². The fourth-order valence-corrected chi connectivity index (χ4v) is 7.94. The number of rotatable bonds is 46. The Bertz CT molecular complexity index is 914. The Balaban J connectivity index is 4.29. The van der Waals surface area contributed by atoms with Crippen LogP contribution in [0.5, 0.6) is 0 Å². The molecule has 6 nitrogen and oxygen atoms in total. The number of ether oxygens (including phenoxy) is 3. The first-order valence-electron chi connectivity index (χ1n) is 26.1. The quantitative estimate of drug-likeness (QED) is 0.0345. The molecule has 0 heterocycles. The van der Waals surface area contributed by atoms with E-state index in [-0.39, 0.29) is 31.1 Å². The van der Waals surface area contributed by atoms with Crippen molar-refractivity contribution in [3.63, 3.8) is 0 Å². The van der Waals surface area contributed by atoms with E-state index in [2.05, 4.69) is 41.5 Å². The summed E-state index contributed by atoms with van der Waals surface area (Å²) in [4.78, 5) is 37.9. The number of esters is 3. The minimum Gasteiger partial charge on any atom is -0.462 e. The summed E-state index contributed by atoms with van der Waals surface area (Å²) in [5.74, 6) is 1.61. The molecule has 6 heteroatoms. The number of carbonyl (C=O) groups is 3. The Morgan fingerprint density at radius 2 is 0.492 bits per heavy atom. The molecule has 59 heavy (non-hydrogen) atoms. The van der Waals surface area contributed by atoms with Crippen molar-refractivity contribution in [3.8, 4) is 0 Å². The summed E-state index contributed by atoms with van der Waals surface area (Å²) < 4.78 is 16.8. The van der Waals surface area contributed by atoms with Crippen LogP contribution in [0.25, 0.3) is 0 Å². The van der Waals surface area contributed by atoms with Crippen LogP contribution in [0.1, 0.15) is 286 Å². The van der Waals surface area contributed by atoms with E-state index < -0.39 is 6.10 Å². The van der Waals surface area contributed by atoms with Crippen molar-refractivity contribution in [2.75, 3.05) is 13.2 Å². The zero-order chi connectivity index (χ0) is 43.4. The molecule has 0 aromatic heterocycles. The first-order chi connectivity index (χ1) is 28.6. The predicted octanol–water partition coefficient (Wildman–Crippen LogP) is 16.8. The molecule has 0 aromatic rings. The van der Waals surface area contributed by atoms with Gasteiger partial charge >= 0.3 is 17.9 Å². The van der Waals surface area contributed by atoms with Crippen molar-refractivity contribution < 1.29 is 28.6 Å². The van der Waals surface area contributed by atoms with Crippen molar-refractivity contribution in [2.45, 2.75) is 292 Å². The maximum absolute atomic E-state index is 12.8. The first kappa shape index (κ1) is 57.4. The van der Waals surface area contributed by atoms with E-state index in [1.54, 1.807) is 0 Å². The van der Waals surface area contributed by atoms with Crippen LogP contribution in [0.3, 0.4) is 0 Å². The largest absolute Gasteiger partial charge is 0.462 e. The molecule has 0 aliphatic carbocycles. The summed E-state index contributed by atoms with van der Waals surface area (Å²) in [6.07, 6.45) is 43.8. The molecule has 0 radical (unpaired) electrons. The minimum atomic E-state index is -0.763. The molecule has 0 amide bonds. The zero-order valence-electron chi connectivity index (χ0n) is 40.5. The molecule has 0 unspecified atom stereocenters. The van der Waals surface area contributed by atoms with E-state index in [1.807, 2.05) is 0 Å². The molecule has 0 rings (SSSR count). The molecule has 1 atom stereocenters. The predicted molar refractivity (Wildman–Crippen MR) is 252 cm³/mol. The van der Waals surface area contributed by atoms with E-state index in [0.717, 1.165) is 75.5 Å². The van der Waals surface area contributed by atoms with Gasteiger partial charge in [0.2, 0.25) is 0 Å². The van der Waals surface area contributed by atoms with Crippen LogP contribution < -0.4 is 0 Å². The van der Waals surface area contributed by atoms with Gasteiger partial charge in [-0.1, -0.05) is 247 Å². The van der Waals surface area contributed by atoms with E-state index in [9.17, 15) is 14.4 Å². The van der Waals surface area contributed by atoms with Crippen LogP contribution >= 0.6 is 0 Å². The van der Waals surface area contributed by atoms with E-state index >= 15 is 0 Å². The van der Waals surface area contributed by atoms with Crippen molar-refractivity contribution in [2.24, 2.45) is 17.8 Å². The lowest BCUT2D eigenvalue weighted by Gasteiger charge is -2.18. The Hall–Kier alpha value is -1.59. The lowest BCUT2D eigenvalue weighted by molar-refractivity contribution is -0.167. The van der Waals surface area contributed by atoms with Crippen LogP contribution in [0, 0.1) is 17.8 Å². The summed E-state index contributed by atoms with van der Waals surface area (Å²) in [6.45, 7) is 13.7. The second-order valence-corrected chi connectivity index (χ2v) is 19.6. The number of hydrogen-bond acceptors (Lipinski definition) is 6. The van der Waals surface area contributed by atoms with E-state index in [1.165, 1.54) is 167 Å². The monoisotopic (exact) mass is 835 g/mol. The topological polar surface area (TPSA) is 78.9 Å². The van der Waals surface area contributed by atoms with Crippen LogP contribution in [0.4, 0.5) is 0 Å². The third-order valence-corrected chi connectivity index (χ3v) is 11.9. The molecule has 0 aliphatic rings. The molecule has 350 valence electrons. The summed E-state index contributed by atoms with van der Waals surface area (Å²) in [5.41, 5.74) is 0. The van der Waals surface area contributed by atoms with Crippen LogP contribution in [-0.4, -0.2) is 37.2 Å². The Labute approximate surface area is 368 Å². The van der Waals surface area contributed by atoms with Crippen LogP contribution in [0.2, 0.25) is 0 Å². The van der Waals surface area contributed by atoms with Gasteiger partial charge in [0.1, 0.15) is 13.2 Å². The number of carbonyl (C=O) groups excluding carboxylic acids is 3. The number of hydrogen-bond donors (Lipinski definition) is 0.